The third-order valence-corrected chi connectivity index (χ3v) is 5.73. The number of nitrogens with one attached hydrogen (secondary N) is 1. The molecule has 1 N–H and O–H groups in total. The summed E-state index contributed by atoms with van der Waals surface area (Å²) in [5, 5.41) is 2.80. The summed E-state index contributed by atoms with van der Waals surface area (Å²) in [7, 11) is 0. The van der Waals surface area contributed by atoms with Crippen LogP contribution < -0.4 is 5.32 Å². The molecule has 1 heterocycles. The Labute approximate surface area is 196 Å². The molecule has 0 aliphatic carbocycles. The molecule has 0 fully saturated rings. The van der Waals surface area contributed by atoms with E-state index in [-0.39, 0.29) is 24.4 Å². The average Bonchev–Trinajstić information content (AvgIpc) is 3.17. The third kappa shape index (κ3) is 6.78. The van der Waals surface area contributed by atoms with Gasteiger partial charge in [0.2, 0.25) is 11.8 Å². The number of aryl methyl sites for hydroxylation is 1. The van der Waals surface area contributed by atoms with Gasteiger partial charge in [0.15, 0.2) is 0 Å². The van der Waals surface area contributed by atoms with Gasteiger partial charge < -0.3 is 14.8 Å². The van der Waals surface area contributed by atoms with E-state index in [0.29, 0.717) is 13.1 Å². The highest BCUT2D eigenvalue weighted by Gasteiger charge is 2.20. The van der Waals surface area contributed by atoms with E-state index in [1.807, 2.05) is 47.4 Å². The summed E-state index contributed by atoms with van der Waals surface area (Å²) in [6, 6.07) is 18.2. The lowest BCUT2D eigenvalue weighted by Gasteiger charge is -2.27. The number of rotatable bonds is 12. The second kappa shape index (κ2) is 12.0. The highest BCUT2D eigenvalue weighted by molar-refractivity contribution is 5.86. The topological polar surface area (TPSA) is 67.2 Å². The Morgan fingerprint density at radius 1 is 1.06 bits per heavy atom. The van der Waals surface area contributed by atoms with Crippen molar-refractivity contribution in [1.82, 2.24) is 19.8 Å². The van der Waals surface area contributed by atoms with E-state index in [0.717, 1.165) is 48.1 Å². The van der Waals surface area contributed by atoms with Gasteiger partial charge in [-0.2, -0.15) is 0 Å². The average molecular weight is 447 g/mol. The van der Waals surface area contributed by atoms with Crippen LogP contribution in [0.1, 0.15) is 44.5 Å². The van der Waals surface area contributed by atoms with Crippen molar-refractivity contribution in [3.8, 4) is 0 Å². The maximum atomic E-state index is 13.4. The van der Waals surface area contributed by atoms with Gasteiger partial charge in [0.05, 0.1) is 11.0 Å². The van der Waals surface area contributed by atoms with E-state index < -0.39 is 0 Å². The zero-order chi connectivity index (χ0) is 23.6. The minimum atomic E-state index is -0.138. The lowest BCUT2D eigenvalue weighted by Crippen LogP contribution is -2.38. The number of para-hydroxylation sites is 2. The minimum Gasteiger partial charge on any atom is -0.353 e. The molecule has 174 valence electrons. The summed E-state index contributed by atoms with van der Waals surface area (Å²) in [5.74, 6) is 0.883. The summed E-state index contributed by atoms with van der Waals surface area (Å²) < 4.78 is 2.07. The van der Waals surface area contributed by atoms with E-state index in [1.165, 1.54) is 6.08 Å². The molecule has 0 atom stereocenters. The molecule has 0 saturated heterocycles. The molecule has 0 bridgehead atoms. The molecule has 0 aliphatic rings. The zero-order valence-corrected chi connectivity index (χ0v) is 19.7. The van der Waals surface area contributed by atoms with Crippen LogP contribution in [0.4, 0.5) is 0 Å². The Morgan fingerprint density at radius 3 is 2.52 bits per heavy atom. The standard InChI is InChI=1S/C27H34N4O2/c1-4-26(32)28-18-12-6-9-17-25-29-23-15-10-11-16-24(23)31(25)20-27(33)30(21(2)3)19-22-13-7-5-8-14-22/h4-5,7-8,10-11,13-16,21H,1,6,9,12,17-20H2,2-3H3,(H,28,32). The fourth-order valence-corrected chi connectivity index (χ4v) is 3.93. The molecular weight excluding hydrogens is 412 g/mol. The number of hydrogen-bond donors (Lipinski definition) is 1. The van der Waals surface area contributed by atoms with Gasteiger partial charge in [-0.1, -0.05) is 55.5 Å². The van der Waals surface area contributed by atoms with Gasteiger partial charge in [0.25, 0.3) is 0 Å². The van der Waals surface area contributed by atoms with Crippen LogP contribution in [0.15, 0.2) is 67.3 Å². The molecule has 3 aromatic rings. The van der Waals surface area contributed by atoms with Crippen molar-refractivity contribution >= 4 is 22.8 Å². The quantitative estimate of drug-likeness (QED) is 0.329. The molecule has 0 spiro atoms. The van der Waals surface area contributed by atoms with Crippen LogP contribution in [0.2, 0.25) is 0 Å². The molecule has 3 rings (SSSR count). The van der Waals surface area contributed by atoms with Crippen LogP contribution in [-0.2, 0) is 29.1 Å². The summed E-state index contributed by atoms with van der Waals surface area (Å²) in [6.45, 7) is 9.08. The smallest absolute Gasteiger partial charge is 0.243 e. The van der Waals surface area contributed by atoms with E-state index >= 15 is 0 Å². The Hall–Kier alpha value is -3.41. The lowest BCUT2D eigenvalue weighted by atomic mass is 10.1. The minimum absolute atomic E-state index is 0.0883. The van der Waals surface area contributed by atoms with Crippen LogP contribution in [-0.4, -0.2) is 38.9 Å². The molecule has 0 radical (unpaired) electrons. The fraction of sp³-hybridized carbons (Fsp3) is 0.370. The Morgan fingerprint density at radius 2 is 1.79 bits per heavy atom. The van der Waals surface area contributed by atoms with Gasteiger partial charge >= 0.3 is 0 Å². The number of unbranched alkanes of at least 4 members (excludes halogenated alkanes) is 2. The zero-order valence-electron chi connectivity index (χ0n) is 19.7. The number of benzene rings is 2. The van der Waals surface area contributed by atoms with E-state index in [1.54, 1.807) is 0 Å². The number of amides is 2. The van der Waals surface area contributed by atoms with Crippen molar-refractivity contribution in [1.29, 1.82) is 0 Å². The van der Waals surface area contributed by atoms with Crippen LogP contribution in [0.5, 0.6) is 0 Å². The van der Waals surface area contributed by atoms with Gasteiger partial charge in [-0.15, -0.1) is 0 Å². The first kappa shape index (κ1) is 24.2. The Kier molecular flexibility index (Phi) is 8.81. The predicted octanol–water partition coefficient (Wildman–Crippen LogP) is 4.49. The highest BCUT2D eigenvalue weighted by atomic mass is 16.2. The molecule has 2 amide bonds. The van der Waals surface area contributed by atoms with Gasteiger partial charge in [-0.3, -0.25) is 9.59 Å². The lowest BCUT2D eigenvalue weighted by molar-refractivity contribution is -0.134. The summed E-state index contributed by atoms with van der Waals surface area (Å²) >= 11 is 0. The van der Waals surface area contributed by atoms with Crippen molar-refractivity contribution in [2.75, 3.05) is 6.54 Å². The molecule has 0 saturated carbocycles. The summed E-state index contributed by atoms with van der Waals surface area (Å²) in [5.41, 5.74) is 3.03. The summed E-state index contributed by atoms with van der Waals surface area (Å²) in [6.07, 6.45) is 4.90. The van der Waals surface area contributed by atoms with Crippen LogP contribution >= 0.6 is 0 Å². The van der Waals surface area contributed by atoms with Gasteiger partial charge in [0, 0.05) is 25.6 Å². The number of imidazole rings is 1. The maximum Gasteiger partial charge on any atom is 0.243 e. The van der Waals surface area contributed by atoms with Crippen molar-refractivity contribution in [2.45, 2.75) is 58.7 Å². The SMILES string of the molecule is C=CC(=O)NCCCCCc1nc2ccccc2n1CC(=O)N(Cc1ccccc1)C(C)C. The predicted molar refractivity (Wildman–Crippen MR) is 133 cm³/mol. The highest BCUT2D eigenvalue weighted by Crippen LogP contribution is 2.19. The van der Waals surface area contributed by atoms with Crippen molar-refractivity contribution in [3.05, 3.63) is 78.6 Å². The van der Waals surface area contributed by atoms with Gasteiger partial charge in [0.1, 0.15) is 12.4 Å². The van der Waals surface area contributed by atoms with E-state index in [4.69, 9.17) is 4.98 Å². The van der Waals surface area contributed by atoms with Crippen LogP contribution in [0.3, 0.4) is 0 Å². The first-order chi connectivity index (χ1) is 16.0. The number of aromatic nitrogens is 2. The summed E-state index contributed by atoms with van der Waals surface area (Å²) in [4.78, 5) is 31.4. The van der Waals surface area contributed by atoms with Crippen LogP contribution in [0.25, 0.3) is 11.0 Å². The third-order valence-electron chi connectivity index (χ3n) is 5.73. The number of hydrogen-bond acceptors (Lipinski definition) is 3. The van der Waals surface area contributed by atoms with Gasteiger partial charge in [-0.05, 0) is 50.5 Å². The monoisotopic (exact) mass is 446 g/mol. The number of nitrogens with zero attached hydrogens (tertiary/aromatic N) is 3. The number of carbonyl (C=O) groups is 2. The molecule has 2 aromatic carbocycles. The molecule has 1 aromatic heterocycles. The van der Waals surface area contributed by atoms with Crippen molar-refractivity contribution in [2.24, 2.45) is 0 Å². The number of fused-ring (bicyclic) bond motifs is 1. The second-order valence-electron chi connectivity index (χ2n) is 8.51. The molecule has 33 heavy (non-hydrogen) atoms. The van der Waals surface area contributed by atoms with Gasteiger partial charge in [-0.25, -0.2) is 4.98 Å². The molecule has 0 aliphatic heterocycles. The molecule has 6 nitrogen and oxygen atoms in total. The van der Waals surface area contributed by atoms with Crippen molar-refractivity contribution < 1.29 is 9.59 Å². The maximum absolute atomic E-state index is 13.4. The second-order valence-corrected chi connectivity index (χ2v) is 8.51. The molecule has 6 heteroatoms. The molecule has 0 unspecified atom stereocenters. The number of carbonyl (C=O) groups excluding carboxylic acids is 2. The first-order valence-corrected chi connectivity index (χ1v) is 11.7. The van der Waals surface area contributed by atoms with Crippen LogP contribution in [0, 0.1) is 0 Å². The first-order valence-electron chi connectivity index (χ1n) is 11.7. The van der Waals surface area contributed by atoms with E-state index in [9.17, 15) is 9.59 Å². The molecular formula is C27H34N4O2. The largest absolute Gasteiger partial charge is 0.353 e. The normalized spacial score (nSPS) is 11.0. The Bertz CT molecular complexity index is 1070. The fourth-order valence-electron chi connectivity index (χ4n) is 3.93. The Balaban J connectivity index is 1.69. The van der Waals surface area contributed by atoms with Crippen molar-refractivity contribution in [3.63, 3.8) is 0 Å². The van der Waals surface area contributed by atoms with E-state index in [2.05, 4.69) is 42.4 Å².